The third-order valence-corrected chi connectivity index (χ3v) is 2.91. The summed E-state index contributed by atoms with van der Waals surface area (Å²) in [7, 11) is 0. The maximum absolute atomic E-state index is 11.4. The molecule has 0 unspecified atom stereocenters. The molecule has 0 bridgehead atoms. The van der Waals surface area contributed by atoms with Crippen LogP contribution in [0, 0.1) is 0 Å². The molecule has 0 fully saturated rings. The van der Waals surface area contributed by atoms with Crippen LogP contribution in [0.4, 0.5) is 0 Å². The number of rotatable bonds is 5. The molecule has 0 heterocycles. The molecule has 88 valence electrons. The highest BCUT2D eigenvalue weighted by atomic mass is 79.9. The zero-order chi connectivity index (χ0) is 12.1. The summed E-state index contributed by atoms with van der Waals surface area (Å²) in [5.74, 6) is 0.876. The van der Waals surface area contributed by atoms with Crippen molar-refractivity contribution < 1.29 is 9.53 Å². The van der Waals surface area contributed by atoms with E-state index < -0.39 is 0 Å². The van der Waals surface area contributed by atoms with Gasteiger partial charge in [-0.1, -0.05) is 52.3 Å². The summed E-state index contributed by atoms with van der Waals surface area (Å²) in [5, 5.41) is 2.85. The van der Waals surface area contributed by atoms with Gasteiger partial charge in [0.2, 0.25) is 0 Å². The van der Waals surface area contributed by atoms with E-state index >= 15 is 0 Å². The lowest BCUT2D eigenvalue weighted by Gasteiger charge is -2.08. The van der Waals surface area contributed by atoms with Gasteiger partial charge in [0, 0.05) is 17.1 Å². The van der Waals surface area contributed by atoms with E-state index in [9.17, 15) is 4.79 Å². The van der Waals surface area contributed by atoms with Crippen molar-refractivity contribution in [2.45, 2.75) is 6.42 Å². The van der Waals surface area contributed by atoms with Crippen LogP contribution in [0.1, 0.15) is 6.42 Å². The van der Waals surface area contributed by atoms with Crippen LogP contribution in [0.3, 0.4) is 0 Å². The minimum absolute atomic E-state index is 0.106. The standard InChI is InChI=1S/C14H13BrO2/c15-9-8-12(16)10-17-14-7-3-5-11-4-1-2-6-13(11)14/h1-7H,8-10H2. The summed E-state index contributed by atoms with van der Waals surface area (Å²) in [4.78, 5) is 11.4. The van der Waals surface area contributed by atoms with Gasteiger partial charge in [0.05, 0.1) is 0 Å². The van der Waals surface area contributed by atoms with Gasteiger partial charge in [0.25, 0.3) is 0 Å². The molecular formula is C14H13BrO2. The van der Waals surface area contributed by atoms with Gasteiger partial charge >= 0.3 is 0 Å². The molecule has 0 saturated heterocycles. The molecule has 0 aliphatic heterocycles. The fourth-order valence-electron chi connectivity index (χ4n) is 1.66. The smallest absolute Gasteiger partial charge is 0.171 e. The number of carbonyl (C=O) groups is 1. The molecule has 3 heteroatoms. The Morgan fingerprint density at radius 1 is 1.12 bits per heavy atom. The van der Waals surface area contributed by atoms with Crippen molar-refractivity contribution in [2.24, 2.45) is 0 Å². The minimum atomic E-state index is 0.106. The van der Waals surface area contributed by atoms with Gasteiger partial charge in [-0.3, -0.25) is 4.79 Å². The molecule has 0 saturated carbocycles. The second kappa shape index (κ2) is 5.82. The second-order valence-electron chi connectivity index (χ2n) is 3.74. The van der Waals surface area contributed by atoms with E-state index in [1.807, 2.05) is 42.5 Å². The van der Waals surface area contributed by atoms with Crippen LogP contribution in [-0.4, -0.2) is 17.7 Å². The number of ketones is 1. The Balaban J connectivity index is 2.16. The Hall–Kier alpha value is -1.35. The number of halogens is 1. The Morgan fingerprint density at radius 3 is 2.71 bits per heavy atom. The lowest BCUT2D eigenvalue weighted by atomic mass is 10.1. The first kappa shape index (κ1) is 12.1. The second-order valence-corrected chi connectivity index (χ2v) is 4.54. The Kier molecular flexibility index (Phi) is 4.15. The average Bonchev–Trinajstić information content (AvgIpc) is 2.36. The maximum Gasteiger partial charge on any atom is 0.171 e. The number of benzene rings is 2. The van der Waals surface area contributed by atoms with Crippen LogP contribution in [0.25, 0.3) is 10.8 Å². The highest BCUT2D eigenvalue weighted by Gasteiger charge is 2.04. The van der Waals surface area contributed by atoms with Crippen molar-refractivity contribution in [3.8, 4) is 5.75 Å². The normalized spacial score (nSPS) is 10.4. The van der Waals surface area contributed by atoms with Crippen LogP contribution < -0.4 is 4.74 Å². The van der Waals surface area contributed by atoms with Gasteiger partial charge in [0.1, 0.15) is 12.4 Å². The number of alkyl halides is 1. The van der Waals surface area contributed by atoms with Gasteiger partial charge in [0.15, 0.2) is 5.78 Å². The molecule has 0 N–H and O–H groups in total. The molecular weight excluding hydrogens is 280 g/mol. The van der Waals surface area contributed by atoms with E-state index in [2.05, 4.69) is 15.9 Å². The van der Waals surface area contributed by atoms with Gasteiger partial charge in [-0.15, -0.1) is 0 Å². The number of ether oxygens (including phenoxy) is 1. The van der Waals surface area contributed by atoms with Crippen molar-refractivity contribution in [3.63, 3.8) is 0 Å². The summed E-state index contributed by atoms with van der Waals surface area (Å²) in [5.41, 5.74) is 0. The monoisotopic (exact) mass is 292 g/mol. The minimum Gasteiger partial charge on any atom is -0.485 e. The van der Waals surface area contributed by atoms with E-state index in [-0.39, 0.29) is 12.4 Å². The Morgan fingerprint density at radius 2 is 1.88 bits per heavy atom. The molecule has 2 rings (SSSR count). The third kappa shape index (κ3) is 3.07. The summed E-state index contributed by atoms with van der Waals surface area (Å²) in [6.45, 7) is 0.138. The van der Waals surface area contributed by atoms with Gasteiger partial charge in [-0.05, 0) is 11.5 Å². The molecule has 0 radical (unpaired) electrons. The molecule has 2 nitrogen and oxygen atoms in total. The predicted molar refractivity (Wildman–Crippen MR) is 72.9 cm³/mol. The van der Waals surface area contributed by atoms with Crippen LogP contribution in [0.5, 0.6) is 5.75 Å². The van der Waals surface area contributed by atoms with Gasteiger partial charge in [-0.2, -0.15) is 0 Å². The van der Waals surface area contributed by atoms with Crippen molar-refractivity contribution in [2.75, 3.05) is 11.9 Å². The Bertz CT molecular complexity index is 517. The van der Waals surface area contributed by atoms with Crippen LogP contribution >= 0.6 is 15.9 Å². The molecule has 0 spiro atoms. The van der Waals surface area contributed by atoms with E-state index in [0.717, 1.165) is 16.5 Å². The van der Waals surface area contributed by atoms with E-state index in [4.69, 9.17) is 4.74 Å². The van der Waals surface area contributed by atoms with Crippen LogP contribution in [0.2, 0.25) is 0 Å². The highest BCUT2D eigenvalue weighted by molar-refractivity contribution is 9.09. The Labute approximate surface area is 109 Å². The molecule has 2 aromatic carbocycles. The first-order valence-electron chi connectivity index (χ1n) is 5.49. The van der Waals surface area contributed by atoms with E-state index in [0.29, 0.717) is 11.8 Å². The zero-order valence-corrected chi connectivity index (χ0v) is 10.9. The average molecular weight is 293 g/mol. The lowest BCUT2D eigenvalue weighted by Crippen LogP contribution is -2.11. The molecule has 17 heavy (non-hydrogen) atoms. The van der Waals surface area contributed by atoms with Crippen molar-refractivity contribution in [3.05, 3.63) is 42.5 Å². The number of hydrogen-bond acceptors (Lipinski definition) is 2. The summed E-state index contributed by atoms with van der Waals surface area (Å²) in [6.07, 6.45) is 0.505. The van der Waals surface area contributed by atoms with Gasteiger partial charge in [-0.25, -0.2) is 0 Å². The van der Waals surface area contributed by atoms with Crippen molar-refractivity contribution >= 4 is 32.5 Å². The topological polar surface area (TPSA) is 26.3 Å². The molecule has 0 aliphatic rings. The van der Waals surface area contributed by atoms with E-state index in [1.54, 1.807) is 0 Å². The summed E-state index contributed by atoms with van der Waals surface area (Å²) in [6, 6.07) is 13.8. The summed E-state index contributed by atoms with van der Waals surface area (Å²) < 4.78 is 5.56. The summed E-state index contributed by atoms with van der Waals surface area (Å²) >= 11 is 3.24. The lowest BCUT2D eigenvalue weighted by molar-refractivity contribution is -0.120. The fraction of sp³-hybridized carbons (Fsp3) is 0.214. The molecule has 0 aliphatic carbocycles. The predicted octanol–water partition coefficient (Wildman–Crippen LogP) is 3.57. The first-order chi connectivity index (χ1) is 8.31. The number of carbonyl (C=O) groups excluding carboxylic acids is 1. The third-order valence-electron chi connectivity index (χ3n) is 2.51. The number of hydrogen-bond donors (Lipinski definition) is 0. The molecule has 0 aromatic heterocycles. The fourth-order valence-corrected chi connectivity index (χ4v) is 2.10. The highest BCUT2D eigenvalue weighted by Crippen LogP contribution is 2.24. The van der Waals surface area contributed by atoms with Crippen LogP contribution in [-0.2, 0) is 4.79 Å². The van der Waals surface area contributed by atoms with Gasteiger partial charge < -0.3 is 4.74 Å². The first-order valence-corrected chi connectivity index (χ1v) is 6.61. The van der Waals surface area contributed by atoms with Crippen molar-refractivity contribution in [1.29, 1.82) is 0 Å². The number of fused-ring (bicyclic) bond motifs is 1. The number of Topliss-reactive ketones (excluding diaryl/α,β-unsaturated/α-hetero) is 1. The van der Waals surface area contributed by atoms with Crippen molar-refractivity contribution in [1.82, 2.24) is 0 Å². The van der Waals surface area contributed by atoms with Crippen LogP contribution in [0.15, 0.2) is 42.5 Å². The zero-order valence-electron chi connectivity index (χ0n) is 9.36. The quantitative estimate of drug-likeness (QED) is 0.788. The molecule has 2 aromatic rings. The van der Waals surface area contributed by atoms with E-state index in [1.165, 1.54) is 0 Å². The molecule has 0 amide bonds. The SMILES string of the molecule is O=C(CCBr)COc1cccc2ccccc12. The maximum atomic E-state index is 11.4. The molecule has 0 atom stereocenters. The largest absolute Gasteiger partial charge is 0.485 e.